The second-order valence-corrected chi connectivity index (χ2v) is 4.79. The predicted molar refractivity (Wildman–Crippen MR) is 86.7 cm³/mol. The number of nitrogens with zero attached hydrogens (tertiary/aromatic N) is 2. The van der Waals surface area contributed by atoms with Crippen molar-refractivity contribution in [3.63, 3.8) is 0 Å². The van der Waals surface area contributed by atoms with Gasteiger partial charge in [-0.3, -0.25) is 14.9 Å². The first-order valence-electron chi connectivity index (χ1n) is 6.95. The summed E-state index contributed by atoms with van der Waals surface area (Å²) in [5, 5.41) is 14.5. The number of hydrogen-bond donors (Lipinski definition) is 2. The molecule has 2 heterocycles. The molecule has 2 N–H and O–H groups in total. The van der Waals surface area contributed by atoms with Crippen LogP contribution in [0.15, 0.2) is 64.2 Å². The SMILES string of the molecule is O=C(N/N=C\c1ccc(-c2ccc([N+](=O)[O-])cc2)o1)c1ccc[nH]1. The summed E-state index contributed by atoms with van der Waals surface area (Å²) in [5.74, 6) is 0.621. The standard InChI is InChI=1S/C16H12N4O4/c21-16(14-2-1-9-17-14)19-18-10-13-7-8-15(24-13)11-3-5-12(6-4-11)20(22)23/h1-10,17H,(H,19,21)/b18-10-. The van der Waals surface area contributed by atoms with Gasteiger partial charge in [-0.1, -0.05) is 0 Å². The Kier molecular flexibility index (Phi) is 4.19. The first-order valence-corrected chi connectivity index (χ1v) is 6.95. The maximum absolute atomic E-state index is 11.7. The van der Waals surface area contributed by atoms with Gasteiger partial charge in [0.15, 0.2) is 0 Å². The van der Waals surface area contributed by atoms with Gasteiger partial charge in [-0.05, 0) is 36.4 Å². The van der Waals surface area contributed by atoms with Crippen LogP contribution in [0, 0.1) is 10.1 Å². The van der Waals surface area contributed by atoms with Gasteiger partial charge in [0.2, 0.25) is 0 Å². The van der Waals surface area contributed by atoms with Crippen LogP contribution in [0.4, 0.5) is 5.69 Å². The molecule has 0 fully saturated rings. The quantitative estimate of drug-likeness (QED) is 0.426. The molecule has 0 saturated carbocycles. The Balaban J connectivity index is 1.66. The summed E-state index contributed by atoms with van der Waals surface area (Å²) in [6.45, 7) is 0. The number of aromatic amines is 1. The number of hydrogen-bond acceptors (Lipinski definition) is 5. The Morgan fingerprint density at radius 3 is 2.67 bits per heavy atom. The van der Waals surface area contributed by atoms with Crippen LogP contribution in [-0.2, 0) is 0 Å². The molecule has 2 aromatic heterocycles. The molecule has 1 aromatic carbocycles. The molecule has 1 amide bonds. The van der Waals surface area contributed by atoms with Crippen LogP contribution in [0.3, 0.4) is 0 Å². The molecule has 0 aliphatic rings. The fourth-order valence-electron chi connectivity index (χ4n) is 2.01. The normalized spacial score (nSPS) is 10.8. The van der Waals surface area contributed by atoms with E-state index < -0.39 is 4.92 Å². The summed E-state index contributed by atoms with van der Waals surface area (Å²) >= 11 is 0. The number of furan rings is 1. The van der Waals surface area contributed by atoms with Gasteiger partial charge in [-0.15, -0.1) is 0 Å². The highest BCUT2D eigenvalue weighted by Crippen LogP contribution is 2.23. The van der Waals surface area contributed by atoms with E-state index >= 15 is 0 Å². The molecule has 0 unspecified atom stereocenters. The number of amides is 1. The molecule has 3 rings (SSSR count). The van der Waals surface area contributed by atoms with Gasteiger partial charge in [0.1, 0.15) is 17.2 Å². The number of nitro groups is 1. The minimum Gasteiger partial charge on any atom is -0.455 e. The number of rotatable bonds is 5. The molecule has 120 valence electrons. The lowest BCUT2D eigenvalue weighted by Crippen LogP contribution is -2.17. The highest BCUT2D eigenvalue weighted by Gasteiger charge is 2.08. The Labute approximate surface area is 136 Å². The second-order valence-electron chi connectivity index (χ2n) is 4.79. The van der Waals surface area contributed by atoms with E-state index in [1.165, 1.54) is 18.3 Å². The predicted octanol–water partition coefficient (Wildman–Crippen LogP) is 2.95. The number of H-pyrrole nitrogens is 1. The number of nitro benzene ring substituents is 1. The number of nitrogens with one attached hydrogen (secondary N) is 2. The molecule has 0 spiro atoms. The van der Waals surface area contributed by atoms with Gasteiger partial charge in [0, 0.05) is 23.9 Å². The first kappa shape index (κ1) is 15.2. The first-order chi connectivity index (χ1) is 11.6. The van der Waals surface area contributed by atoms with E-state index in [0.717, 1.165) is 0 Å². The summed E-state index contributed by atoms with van der Waals surface area (Å²) in [5.41, 5.74) is 3.49. The highest BCUT2D eigenvalue weighted by molar-refractivity contribution is 5.93. The molecule has 0 atom stereocenters. The lowest BCUT2D eigenvalue weighted by Gasteiger charge is -1.97. The highest BCUT2D eigenvalue weighted by atomic mass is 16.6. The summed E-state index contributed by atoms with van der Waals surface area (Å²) in [6.07, 6.45) is 3.01. The van der Waals surface area contributed by atoms with E-state index in [-0.39, 0.29) is 11.6 Å². The lowest BCUT2D eigenvalue weighted by molar-refractivity contribution is -0.384. The van der Waals surface area contributed by atoms with Gasteiger partial charge in [-0.2, -0.15) is 5.10 Å². The zero-order chi connectivity index (χ0) is 16.9. The molecule has 0 saturated heterocycles. The summed E-state index contributed by atoms with van der Waals surface area (Å²) in [7, 11) is 0. The summed E-state index contributed by atoms with van der Waals surface area (Å²) in [6, 6.07) is 12.8. The van der Waals surface area contributed by atoms with Crippen molar-refractivity contribution in [2.45, 2.75) is 0 Å². The smallest absolute Gasteiger partial charge is 0.287 e. The number of benzene rings is 1. The van der Waals surface area contributed by atoms with E-state index in [9.17, 15) is 14.9 Å². The van der Waals surface area contributed by atoms with E-state index in [1.54, 1.807) is 42.6 Å². The summed E-state index contributed by atoms with van der Waals surface area (Å²) < 4.78 is 5.56. The third-order valence-electron chi connectivity index (χ3n) is 3.19. The van der Waals surface area contributed by atoms with Gasteiger partial charge < -0.3 is 9.40 Å². The second kappa shape index (κ2) is 6.61. The fourth-order valence-corrected chi connectivity index (χ4v) is 2.01. The van der Waals surface area contributed by atoms with Crippen LogP contribution in [-0.4, -0.2) is 22.0 Å². The van der Waals surface area contributed by atoms with Crippen molar-refractivity contribution in [2.75, 3.05) is 0 Å². The maximum atomic E-state index is 11.7. The van der Waals surface area contributed by atoms with Gasteiger partial charge >= 0.3 is 0 Å². The summed E-state index contributed by atoms with van der Waals surface area (Å²) in [4.78, 5) is 24.6. The third kappa shape index (κ3) is 3.38. The van der Waals surface area contributed by atoms with Crippen molar-refractivity contribution in [1.29, 1.82) is 0 Å². The average Bonchev–Trinajstić information content (AvgIpc) is 3.27. The van der Waals surface area contributed by atoms with Crippen molar-refractivity contribution in [3.05, 3.63) is 76.3 Å². The molecule has 0 radical (unpaired) electrons. The van der Waals surface area contributed by atoms with Crippen molar-refractivity contribution in [3.8, 4) is 11.3 Å². The van der Waals surface area contributed by atoms with E-state index in [1.807, 2.05) is 0 Å². The number of carbonyl (C=O) groups is 1. The van der Waals surface area contributed by atoms with Gasteiger partial charge in [0.25, 0.3) is 11.6 Å². The number of non-ortho nitro benzene ring substituents is 1. The molecule has 0 aliphatic heterocycles. The molecule has 3 aromatic rings. The lowest BCUT2D eigenvalue weighted by atomic mass is 10.1. The van der Waals surface area contributed by atoms with Crippen LogP contribution in [0.5, 0.6) is 0 Å². The van der Waals surface area contributed by atoms with E-state index in [2.05, 4.69) is 15.5 Å². The fraction of sp³-hybridized carbons (Fsp3) is 0. The van der Waals surface area contributed by atoms with Crippen LogP contribution in [0.2, 0.25) is 0 Å². The number of carbonyl (C=O) groups excluding carboxylic acids is 1. The van der Waals surface area contributed by atoms with E-state index in [4.69, 9.17) is 4.42 Å². The van der Waals surface area contributed by atoms with Crippen LogP contribution < -0.4 is 5.43 Å². The van der Waals surface area contributed by atoms with Crippen LogP contribution in [0.1, 0.15) is 16.2 Å². The Bertz CT molecular complexity index is 879. The molecule has 8 nitrogen and oxygen atoms in total. The van der Waals surface area contributed by atoms with Gasteiger partial charge in [-0.25, -0.2) is 5.43 Å². The topological polar surface area (TPSA) is 114 Å². The number of hydrazone groups is 1. The van der Waals surface area contributed by atoms with Gasteiger partial charge in [0.05, 0.1) is 11.1 Å². The molecule has 0 bridgehead atoms. The molecule has 8 heteroatoms. The number of aromatic nitrogens is 1. The Morgan fingerprint density at radius 1 is 1.21 bits per heavy atom. The minimum absolute atomic E-state index is 0.0131. The zero-order valence-electron chi connectivity index (χ0n) is 12.3. The molecular formula is C16H12N4O4. The Hall–Kier alpha value is -3.68. The molecule has 24 heavy (non-hydrogen) atoms. The third-order valence-corrected chi connectivity index (χ3v) is 3.19. The Morgan fingerprint density at radius 2 is 2.00 bits per heavy atom. The van der Waals surface area contributed by atoms with E-state index in [0.29, 0.717) is 22.8 Å². The van der Waals surface area contributed by atoms with Crippen LogP contribution >= 0.6 is 0 Å². The minimum atomic E-state index is -0.461. The monoisotopic (exact) mass is 324 g/mol. The molecular weight excluding hydrogens is 312 g/mol. The van der Waals surface area contributed by atoms with Crippen molar-refractivity contribution >= 4 is 17.8 Å². The zero-order valence-corrected chi connectivity index (χ0v) is 12.3. The average molecular weight is 324 g/mol. The van der Waals surface area contributed by atoms with Crippen molar-refractivity contribution in [1.82, 2.24) is 10.4 Å². The largest absolute Gasteiger partial charge is 0.455 e. The molecule has 0 aliphatic carbocycles. The maximum Gasteiger partial charge on any atom is 0.287 e. The van der Waals surface area contributed by atoms with Crippen molar-refractivity contribution < 1.29 is 14.1 Å². The van der Waals surface area contributed by atoms with Crippen LogP contribution in [0.25, 0.3) is 11.3 Å². The van der Waals surface area contributed by atoms with Crippen molar-refractivity contribution in [2.24, 2.45) is 5.10 Å².